The zero-order valence-electron chi connectivity index (χ0n) is 18.4. The summed E-state index contributed by atoms with van der Waals surface area (Å²) in [7, 11) is 1.47. The second kappa shape index (κ2) is 12.0. The van der Waals surface area contributed by atoms with E-state index in [1.807, 2.05) is 30.3 Å². The zero-order valence-corrected chi connectivity index (χ0v) is 18.4. The minimum absolute atomic E-state index is 0.0112. The molecule has 0 aliphatic rings. The Kier molecular flexibility index (Phi) is 8.59. The summed E-state index contributed by atoms with van der Waals surface area (Å²) in [6.07, 6.45) is 5.98. The first kappa shape index (κ1) is 24.3. The fraction of sp³-hybridized carbons (Fsp3) is 0.160. The Balaban J connectivity index is 1.92. The predicted octanol–water partition coefficient (Wildman–Crippen LogP) is 4.33. The zero-order chi connectivity index (χ0) is 24.3. The number of carbonyl (C=O) groups excluding carboxylic acids is 2. The van der Waals surface area contributed by atoms with Gasteiger partial charge in [-0.2, -0.15) is 0 Å². The number of ether oxygens (including phenoxy) is 3. The predicted molar refractivity (Wildman–Crippen MR) is 124 cm³/mol. The molecular weight excluding hydrogens is 440 g/mol. The lowest BCUT2D eigenvalue weighted by Gasteiger charge is -2.13. The number of hydrogen-bond acceptors (Lipinski definition) is 8. The van der Waals surface area contributed by atoms with Crippen molar-refractivity contribution in [2.24, 2.45) is 0 Å². The molecule has 9 heteroatoms. The highest BCUT2D eigenvalue weighted by Crippen LogP contribution is 2.31. The van der Waals surface area contributed by atoms with Gasteiger partial charge in [-0.05, 0) is 17.2 Å². The van der Waals surface area contributed by atoms with E-state index in [9.17, 15) is 19.7 Å². The van der Waals surface area contributed by atoms with Gasteiger partial charge in [-0.25, -0.2) is 9.59 Å². The summed E-state index contributed by atoms with van der Waals surface area (Å²) in [4.78, 5) is 40.3. The molecule has 0 bridgehead atoms. The molecule has 9 nitrogen and oxygen atoms in total. The molecule has 0 saturated carbocycles. The third kappa shape index (κ3) is 6.33. The molecule has 0 atom stereocenters. The number of pyridine rings is 1. The first-order chi connectivity index (χ1) is 16.5. The van der Waals surface area contributed by atoms with Crippen LogP contribution in [-0.4, -0.2) is 48.8 Å². The van der Waals surface area contributed by atoms with E-state index in [-0.39, 0.29) is 47.8 Å². The van der Waals surface area contributed by atoms with E-state index < -0.39 is 16.9 Å². The van der Waals surface area contributed by atoms with Gasteiger partial charge >= 0.3 is 11.9 Å². The summed E-state index contributed by atoms with van der Waals surface area (Å²) in [6, 6.07) is 15.1. The lowest BCUT2D eigenvalue weighted by molar-refractivity contribution is -0.384. The summed E-state index contributed by atoms with van der Waals surface area (Å²) in [6.45, 7) is 0.147. The fourth-order valence-corrected chi connectivity index (χ4v) is 3.10. The Hall–Kier alpha value is -4.37. The standard InChI is InChI=1S/C25H22N2O7/c1-32-13-14-34-25(29)22-17-26-16-21(23(22)19-10-5-11-20(15-19)27(30)31)24(28)33-12-6-9-18-7-3-2-4-8-18/h2-11,15-17H,12-14H2,1H3/b9-6+. The number of carbonyl (C=O) groups is 2. The lowest BCUT2D eigenvalue weighted by atomic mass is 9.96. The lowest BCUT2D eigenvalue weighted by Crippen LogP contribution is -2.15. The van der Waals surface area contributed by atoms with Crippen molar-refractivity contribution < 1.29 is 28.7 Å². The molecule has 0 aliphatic heterocycles. The number of rotatable bonds is 10. The number of nitro benzene ring substituents is 1. The summed E-state index contributed by atoms with van der Waals surface area (Å²) in [5, 5.41) is 11.3. The van der Waals surface area contributed by atoms with Crippen molar-refractivity contribution in [2.75, 3.05) is 26.9 Å². The highest BCUT2D eigenvalue weighted by Gasteiger charge is 2.24. The molecule has 1 aromatic heterocycles. The number of aromatic nitrogens is 1. The summed E-state index contributed by atoms with van der Waals surface area (Å²) in [5.74, 6) is -1.48. The van der Waals surface area contributed by atoms with Gasteiger partial charge in [0.1, 0.15) is 13.2 Å². The van der Waals surface area contributed by atoms with Gasteiger partial charge in [-0.15, -0.1) is 0 Å². The number of esters is 2. The highest BCUT2D eigenvalue weighted by atomic mass is 16.6. The van der Waals surface area contributed by atoms with Gasteiger partial charge in [0.05, 0.1) is 22.7 Å². The smallest absolute Gasteiger partial charge is 0.340 e. The van der Waals surface area contributed by atoms with E-state index in [4.69, 9.17) is 14.2 Å². The first-order valence-electron chi connectivity index (χ1n) is 10.3. The topological polar surface area (TPSA) is 118 Å². The Labute approximate surface area is 195 Å². The molecule has 0 fully saturated rings. The van der Waals surface area contributed by atoms with E-state index in [2.05, 4.69) is 4.98 Å². The fourth-order valence-electron chi connectivity index (χ4n) is 3.10. The van der Waals surface area contributed by atoms with Crippen LogP contribution in [0.4, 0.5) is 5.69 Å². The largest absolute Gasteiger partial charge is 0.460 e. The van der Waals surface area contributed by atoms with E-state index in [0.29, 0.717) is 0 Å². The average molecular weight is 462 g/mol. The van der Waals surface area contributed by atoms with Crippen molar-refractivity contribution in [3.05, 3.63) is 99.9 Å². The molecule has 1 heterocycles. The summed E-state index contributed by atoms with van der Waals surface area (Å²) >= 11 is 0. The number of non-ortho nitro benzene ring substituents is 1. The minimum atomic E-state index is -0.746. The highest BCUT2D eigenvalue weighted by molar-refractivity contribution is 6.05. The van der Waals surface area contributed by atoms with Crippen LogP contribution in [0.15, 0.2) is 73.1 Å². The van der Waals surface area contributed by atoms with Crippen molar-refractivity contribution in [3.63, 3.8) is 0 Å². The van der Waals surface area contributed by atoms with Crippen LogP contribution in [0, 0.1) is 10.1 Å². The van der Waals surface area contributed by atoms with Crippen molar-refractivity contribution in [2.45, 2.75) is 0 Å². The van der Waals surface area contributed by atoms with E-state index in [1.54, 1.807) is 18.2 Å². The second-order valence-corrected chi connectivity index (χ2v) is 6.96. The summed E-state index contributed by atoms with van der Waals surface area (Å²) in [5.41, 5.74) is 1.12. The van der Waals surface area contributed by atoms with E-state index in [0.717, 1.165) is 5.56 Å². The van der Waals surface area contributed by atoms with E-state index in [1.165, 1.54) is 37.7 Å². The van der Waals surface area contributed by atoms with Crippen LogP contribution in [0.5, 0.6) is 0 Å². The molecule has 0 aliphatic carbocycles. The number of hydrogen-bond donors (Lipinski definition) is 0. The molecule has 34 heavy (non-hydrogen) atoms. The van der Waals surface area contributed by atoms with Gasteiger partial charge in [-0.3, -0.25) is 15.1 Å². The maximum absolute atomic E-state index is 12.9. The Morgan fingerprint density at radius 3 is 2.35 bits per heavy atom. The minimum Gasteiger partial charge on any atom is -0.460 e. The average Bonchev–Trinajstić information content (AvgIpc) is 2.86. The maximum atomic E-state index is 12.9. The van der Waals surface area contributed by atoms with Crippen molar-refractivity contribution in [3.8, 4) is 11.1 Å². The molecule has 0 unspecified atom stereocenters. The van der Waals surface area contributed by atoms with Crippen LogP contribution in [0.3, 0.4) is 0 Å². The van der Waals surface area contributed by atoms with Gasteiger partial charge < -0.3 is 14.2 Å². The van der Waals surface area contributed by atoms with Gasteiger partial charge in [-0.1, -0.05) is 48.5 Å². The van der Waals surface area contributed by atoms with Crippen LogP contribution >= 0.6 is 0 Å². The Morgan fingerprint density at radius 2 is 1.68 bits per heavy atom. The molecule has 3 rings (SSSR count). The maximum Gasteiger partial charge on any atom is 0.340 e. The molecule has 0 radical (unpaired) electrons. The SMILES string of the molecule is COCCOC(=O)c1cncc(C(=O)OC/C=C/c2ccccc2)c1-c1cccc([N+](=O)[O-])c1. The third-order valence-corrected chi connectivity index (χ3v) is 4.67. The molecular formula is C25H22N2O7. The molecule has 0 amide bonds. The second-order valence-electron chi connectivity index (χ2n) is 6.96. The molecule has 174 valence electrons. The normalized spacial score (nSPS) is 10.7. The Bertz CT molecular complexity index is 1190. The molecule has 0 saturated heterocycles. The van der Waals surface area contributed by atoms with Crippen LogP contribution in [0.2, 0.25) is 0 Å². The van der Waals surface area contributed by atoms with Crippen LogP contribution < -0.4 is 0 Å². The van der Waals surface area contributed by atoms with Crippen LogP contribution in [0.25, 0.3) is 17.2 Å². The van der Waals surface area contributed by atoms with Crippen molar-refractivity contribution in [1.29, 1.82) is 0 Å². The molecule has 0 N–H and O–H groups in total. The van der Waals surface area contributed by atoms with Crippen molar-refractivity contribution in [1.82, 2.24) is 4.98 Å². The third-order valence-electron chi connectivity index (χ3n) is 4.67. The van der Waals surface area contributed by atoms with Gasteiger partial charge in [0.2, 0.25) is 0 Å². The number of methoxy groups -OCH3 is 1. The quantitative estimate of drug-likeness (QED) is 0.189. The van der Waals surface area contributed by atoms with Crippen molar-refractivity contribution >= 4 is 23.7 Å². The number of benzene rings is 2. The monoisotopic (exact) mass is 462 g/mol. The van der Waals surface area contributed by atoms with Gasteiger partial charge in [0.15, 0.2) is 0 Å². The van der Waals surface area contributed by atoms with Gasteiger partial charge in [0.25, 0.3) is 5.69 Å². The molecule has 2 aromatic carbocycles. The van der Waals surface area contributed by atoms with Crippen LogP contribution in [0.1, 0.15) is 26.3 Å². The van der Waals surface area contributed by atoms with E-state index >= 15 is 0 Å². The summed E-state index contributed by atoms with van der Waals surface area (Å²) < 4.78 is 15.4. The number of nitro groups is 1. The van der Waals surface area contributed by atoms with Gasteiger partial charge in [0, 0.05) is 37.2 Å². The van der Waals surface area contributed by atoms with Crippen LogP contribution in [-0.2, 0) is 14.2 Å². The number of nitrogens with zero attached hydrogens (tertiary/aromatic N) is 2. The first-order valence-corrected chi connectivity index (χ1v) is 10.3. The molecule has 3 aromatic rings. The molecule has 0 spiro atoms. The Morgan fingerprint density at radius 1 is 0.971 bits per heavy atom.